The largest absolute Gasteiger partial charge is 0.396 e. The summed E-state index contributed by atoms with van der Waals surface area (Å²) >= 11 is 0. The normalized spacial score (nSPS) is 37.8. The number of aliphatic hydroxyl groups is 1. The number of hydrogen-bond donors (Lipinski definition) is 1. The number of rotatable bonds is 4. The zero-order valence-corrected chi connectivity index (χ0v) is 13.8. The molecule has 1 N–H and O–H groups in total. The van der Waals surface area contributed by atoms with Crippen molar-refractivity contribution < 1.29 is 5.11 Å². The van der Waals surface area contributed by atoms with Crippen LogP contribution in [0.25, 0.3) is 0 Å². The van der Waals surface area contributed by atoms with Gasteiger partial charge in [0.15, 0.2) is 0 Å². The molecule has 20 heavy (non-hydrogen) atoms. The summed E-state index contributed by atoms with van der Waals surface area (Å²) in [5.74, 6) is 0.854. The lowest BCUT2D eigenvalue weighted by Crippen LogP contribution is -2.48. The fourth-order valence-electron chi connectivity index (χ4n) is 4.06. The SMILES string of the molecule is CCC1CN(C)CCCN1CC1(CO)CCC(C)CC1. The highest BCUT2D eigenvalue weighted by Crippen LogP contribution is 2.39. The standard InChI is InChI=1S/C17H34N2O/c1-4-16-12-18(3)10-5-11-19(16)13-17(14-20)8-6-15(2)7-9-17/h15-16,20H,4-14H2,1-3H3. The van der Waals surface area contributed by atoms with Crippen LogP contribution in [0.2, 0.25) is 0 Å². The predicted molar refractivity (Wildman–Crippen MR) is 84.9 cm³/mol. The van der Waals surface area contributed by atoms with E-state index in [-0.39, 0.29) is 5.41 Å². The minimum atomic E-state index is 0.183. The van der Waals surface area contributed by atoms with Crippen LogP contribution in [0.1, 0.15) is 52.4 Å². The molecule has 1 aliphatic carbocycles. The Kier molecular flexibility index (Phi) is 5.88. The molecule has 3 heteroatoms. The molecule has 2 fully saturated rings. The number of aliphatic hydroxyl groups excluding tert-OH is 1. The van der Waals surface area contributed by atoms with Gasteiger partial charge >= 0.3 is 0 Å². The molecule has 2 rings (SSSR count). The van der Waals surface area contributed by atoms with E-state index < -0.39 is 0 Å². The van der Waals surface area contributed by atoms with Crippen LogP contribution in [0, 0.1) is 11.3 Å². The van der Waals surface area contributed by atoms with Gasteiger partial charge in [0, 0.05) is 31.2 Å². The van der Waals surface area contributed by atoms with Crippen molar-refractivity contribution in [1.82, 2.24) is 9.80 Å². The highest BCUT2D eigenvalue weighted by Gasteiger charge is 2.37. The van der Waals surface area contributed by atoms with Crippen LogP contribution < -0.4 is 0 Å². The molecule has 0 bridgehead atoms. The molecular weight excluding hydrogens is 248 g/mol. The number of hydrogen-bond acceptors (Lipinski definition) is 3. The number of likely N-dealkylation sites (N-methyl/N-ethyl adjacent to an activating group) is 1. The second-order valence-electron chi connectivity index (χ2n) is 7.49. The van der Waals surface area contributed by atoms with E-state index in [1.807, 2.05) is 0 Å². The van der Waals surface area contributed by atoms with Gasteiger partial charge < -0.3 is 10.0 Å². The second kappa shape index (κ2) is 7.24. The lowest BCUT2D eigenvalue weighted by atomic mass is 9.71. The van der Waals surface area contributed by atoms with Gasteiger partial charge in [-0.2, -0.15) is 0 Å². The lowest BCUT2D eigenvalue weighted by Gasteiger charge is -2.43. The topological polar surface area (TPSA) is 26.7 Å². The summed E-state index contributed by atoms with van der Waals surface area (Å²) in [6.45, 7) is 9.78. The Labute approximate surface area is 125 Å². The molecule has 0 aromatic carbocycles. The molecule has 1 heterocycles. The third kappa shape index (κ3) is 3.96. The first-order valence-corrected chi connectivity index (χ1v) is 8.62. The molecule has 0 radical (unpaired) electrons. The van der Waals surface area contributed by atoms with Gasteiger partial charge in [0.1, 0.15) is 0 Å². The Balaban J connectivity index is 2.01. The maximum atomic E-state index is 10.0. The average Bonchev–Trinajstić information content (AvgIpc) is 2.63. The fourth-order valence-corrected chi connectivity index (χ4v) is 4.06. The second-order valence-corrected chi connectivity index (χ2v) is 7.49. The summed E-state index contributed by atoms with van der Waals surface area (Å²) < 4.78 is 0. The van der Waals surface area contributed by atoms with Crippen molar-refractivity contribution in [3.05, 3.63) is 0 Å². The van der Waals surface area contributed by atoms with Crippen LogP contribution in [0.5, 0.6) is 0 Å². The fraction of sp³-hybridized carbons (Fsp3) is 1.00. The minimum Gasteiger partial charge on any atom is -0.396 e. The van der Waals surface area contributed by atoms with Gasteiger partial charge in [-0.25, -0.2) is 0 Å². The first-order valence-electron chi connectivity index (χ1n) is 8.62. The molecule has 0 aromatic heterocycles. The van der Waals surface area contributed by atoms with E-state index in [9.17, 15) is 5.11 Å². The molecule has 3 nitrogen and oxygen atoms in total. The quantitative estimate of drug-likeness (QED) is 0.858. The summed E-state index contributed by atoms with van der Waals surface area (Å²) in [7, 11) is 2.25. The molecule has 1 unspecified atom stereocenters. The summed E-state index contributed by atoms with van der Waals surface area (Å²) in [5, 5.41) is 10.0. The van der Waals surface area contributed by atoms with E-state index in [4.69, 9.17) is 0 Å². The number of nitrogens with zero attached hydrogens (tertiary/aromatic N) is 2. The molecule has 0 amide bonds. The van der Waals surface area contributed by atoms with Gasteiger partial charge in [-0.15, -0.1) is 0 Å². The maximum absolute atomic E-state index is 10.0. The average molecular weight is 282 g/mol. The van der Waals surface area contributed by atoms with Crippen LogP contribution in [0.15, 0.2) is 0 Å². The molecule has 0 spiro atoms. The van der Waals surface area contributed by atoms with Crippen molar-refractivity contribution >= 4 is 0 Å². The lowest BCUT2D eigenvalue weighted by molar-refractivity contribution is 0.0156. The molecule has 1 saturated heterocycles. The van der Waals surface area contributed by atoms with Crippen molar-refractivity contribution in [2.45, 2.75) is 58.4 Å². The highest BCUT2D eigenvalue weighted by molar-refractivity contribution is 4.90. The van der Waals surface area contributed by atoms with E-state index in [2.05, 4.69) is 30.7 Å². The van der Waals surface area contributed by atoms with E-state index >= 15 is 0 Å². The zero-order chi connectivity index (χ0) is 14.6. The summed E-state index contributed by atoms with van der Waals surface area (Å²) in [5.41, 5.74) is 0.183. The minimum absolute atomic E-state index is 0.183. The summed E-state index contributed by atoms with van der Waals surface area (Å²) in [6, 6.07) is 0.672. The van der Waals surface area contributed by atoms with Crippen molar-refractivity contribution in [2.24, 2.45) is 11.3 Å². The van der Waals surface area contributed by atoms with Crippen LogP contribution in [0.3, 0.4) is 0 Å². The van der Waals surface area contributed by atoms with E-state index in [0.29, 0.717) is 12.6 Å². The molecule has 0 aromatic rings. The van der Waals surface area contributed by atoms with Crippen molar-refractivity contribution in [3.8, 4) is 0 Å². The molecule has 1 saturated carbocycles. The smallest absolute Gasteiger partial charge is 0.0499 e. The van der Waals surface area contributed by atoms with Gasteiger partial charge in [0.25, 0.3) is 0 Å². The predicted octanol–water partition coefficient (Wildman–Crippen LogP) is 2.59. The Bertz CT molecular complexity index is 287. The molecular formula is C17H34N2O. The Morgan fingerprint density at radius 1 is 1.20 bits per heavy atom. The van der Waals surface area contributed by atoms with Crippen LogP contribution in [0.4, 0.5) is 0 Å². The van der Waals surface area contributed by atoms with Gasteiger partial charge in [-0.3, -0.25) is 4.90 Å². The van der Waals surface area contributed by atoms with E-state index in [1.165, 1.54) is 58.2 Å². The first-order chi connectivity index (χ1) is 9.58. The van der Waals surface area contributed by atoms with E-state index in [1.54, 1.807) is 0 Å². The van der Waals surface area contributed by atoms with Crippen molar-refractivity contribution in [2.75, 3.05) is 39.8 Å². The third-order valence-corrected chi connectivity index (χ3v) is 5.70. The third-order valence-electron chi connectivity index (χ3n) is 5.70. The first kappa shape index (κ1) is 16.3. The van der Waals surface area contributed by atoms with Crippen LogP contribution >= 0.6 is 0 Å². The van der Waals surface area contributed by atoms with Gasteiger partial charge in [-0.05, 0) is 51.7 Å². The molecule has 1 aliphatic heterocycles. The summed E-state index contributed by atoms with van der Waals surface area (Å²) in [6.07, 6.45) is 7.52. The van der Waals surface area contributed by atoms with Crippen LogP contribution in [-0.4, -0.2) is 60.8 Å². The molecule has 2 aliphatic rings. The molecule has 1 atom stereocenters. The monoisotopic (exact) mass is 282 g/mol. The van der Waals surface area contributed by atoms with Gasteiger partial charge in [0.2, 0.25) is 0 Å². The Hall–Kier alpha value is -0.120. The van der Waals surface area contributed by atoms with Crippen LogP contribution in [-0.2, 0) is 0 Å². The van der Waals surface area contributed by atoms with Crippen molar-refractivity contribution in [1.29, 1.82) is 0 Å². The Morgan fingerprint density at radius 3 is 2.50 bits per heavy atom. The van der Waals surface area contributed by atoms with Gasteiger partial charge in [-0.1, -0.05) is 26.7 Å². The zero-order valence-electron chi connectivity index (χ0n) is 13.8. The highest BCUT2D eigenvalue weighted by atomic mass is 16.3. The van der Waals surface area contributed by atoms with E-state index in [0.717, 1.165) is 12.5 Å². The Morgan fingerprint density at radius 2 is 1.90 bits per heavy atom. The van der Waals surface area contributed by atoms with Gasteiger partial charge in [0.05, 0.1) is 0 Å². The molecule has 118 valence electrons. The maximum Gasteiger partial charge on any atom is 0.0499 e. The summed E-state index contributed by atoms with van der Waals surface area (Å²) in [4.78, 5) is 5.17. The van der Waals surface area contributed by atoms with Crippen molar-refractivity contribution in [3.63, 3.8) is 0 Å².